The van der Waals surface area contributed by atoms with Crippen LogP contribution in [0.5, 0.6) is 0 Å². The molecule has 0 spiro atoms. The predicted molar refractivity (Wildman–Crippen MR) is 105 cm³/mol. The average Bonchev–Trinajstić information content (AvgIpc) is 2.97. The minimum atomic E-state index is -0.773. The van der Waals surface area contributed by atoms with Crippen LogP contribution in [-0.4, -0.2) is 28.1 Å². The second-order valence-electron chi connectivity index (χ2n) is 6.36. The van der Waals surface area contributed by atoms with E-state index in [0.29, 0.717) is 19.3 Å². The van der Waals surface area contributed by atoms with Gasteiger partial charge in [0, 0.05) is 18.3 Å². The lowest BCUT2D eigenvalue weighted by atomic mass is 9.90. The molecule has 0 bridgehead atoms. The molecule has 0 saturated carbocycles. The van der Waals surface area contributed by atoms with Crippen LogP contribution in [0.1, 0.15) is 45.4 Å². The third kappa shape index (κ3) is 9.33. The number of hydrogen-bond donors (Lipinski definition) is 2. The molecule has 4 nitrogen and oxygen atoms in total. The Hall–Kier alpha value is -2.20. The summed E-state index contributed by atoms with van der Waals surface area (Å²) in [5.41, 5.74) is 0. The minimum Gasteiger partial charge on any atom is -0.481 e. The number of carbonyl (C=O) groups excluding carboxylic acids is 1. The number of allylic oxidation sites excluding steroid dienone is 9. The van der Waals surface area contributed by atoms with E-state index in [0.717, 1.165) is 12.8 Å². The number of aliphatic carboxylic acids is 1. The zero-order valence-corrected chi connectivity index (χ0v) is 15.5. The van der Waals surface area contributed by atoms with Gasteiger partial charge in [-0.2, -0.15) is 0 Å². The van der Waals surface area contributed by atoms with Crippen molar-refractivity contribution in [2.24, 2.45) is 11.8 Å². The molecule has 1 aliphatic rings. The van der Waals surface area contributed by atoms with E-state index in [-0.39, 0.29) is 24.0 Å². The molecule has 142 valence electrons. The summed E-state index contributed by atoms with van der Waals surface area (Å²) in [5, 5.41) is 18.1. The number of carboxylic acid groups (broad SMARTS) is 1. The maximum atomic E-state index is 12.0. The van der Waals surface area contributed by atoms with E-state index in [1.165, 1.54) is 0 Å². The zero-order valence-electron chi connectivity index (χ0n) is 15.5. The molecule has 1 aliphatic carbocycles. The van der Waals surface area contributed by atoms with E-state index < -0.39 is 12.1 Å². The Morgan fingerprint density at radius 3 is 2.46 bits per heavy atom. The van der Waals surface area contributed by atoms with Crippen molar-refractivity contribution in [2.45, 2.75) is 51.6 Å². The molecular weight excluding hydrogens is 328 g/mol. The summed E-state index contributed by atoms with van der Waals surface area (Å²) in [7, 11) is 0. The highest BCUT2D eigenvalue weighted by molar-refractivity contribution is 5.95. The lowest BCUT2D eigenvalue weighted by molar-refractivity contribution is -0.136. The highest BCUT2D eigenvalue weighted by Crippen LogP contribution is 2.27. The summed E-state index contributed by atoms with van der Waals surface area (Å²) in [4.78, 5) is 22.3. The fraction of sp³-hybridized carbons (Fsp3) is 0.455. The summed E-state index contributed by atoms with van der Waals surface area (Å²) in [5.74, 6) is -0.615. The summed E-state index contributed by atoms with van der Waals surface area (Å²) in [6, 6.07) is 0. The molecule has 0 aromatic rings. The Labute approximate surface area is 156 Å². The van der Waals surface area contributed by atoms with Gasteiger partial charge < -0.3 is 10.2 Å². The fourth-order valence-corrected chi connectivity index (χ4v) is 2.63. The molecule has 0 amide bonds. The Morgan fingerprint density at radius 1 is 1.15 bits per heavy atom. The van der Waals surface area contributed by atoms with Gasteiger partial charge in [0.05, 0.1) is 6.10 Å². The summed E-state index contributed by atoms with van der Waals surface area (Å²) in [6.07, 6.45) is 22.6. The molecule has 4 heteroatoms. The van der Waals surface area contributed by atoms with Gasteiger partial charge in [0.1, 0.15) is 0 Å². The molecule has 0 aliphatic heterocycles. The molecule has 0 heterocycles. The van der Waals surface area contributed by atoms with Crippen molar-refractivity contribution >= 4 is 11.8 Å². The fourth-order valence-electron chi connectivity index (χ4n) is 2.63. The van der Waals surface area contributed by atoms with Crippen molar-refractivity contribution in [1.29, 1.82) is 0 Å². The van der Waals surface area contributed by atoms with Crippen LogP contribution >= 0.6 is 0 Å². The third-order valence-electron chi connectivity index (χ3n) is 4.25. The number of aliphatic hydroxyl groups is 1. The molecule has 0 fully saturated rings. The average molecular weight is 358 g/mol. The lowest BCUT2D eigenvalue weighted by Gasteiger charge is -2.13. The Kier molecular flexibility index (Phi) is 11.0. The smallest absolute Gasteiger partial charge is 0.303 e. The molecular formula is C22H30O4. The lowest BCUT2D eigenvalue weighted by Crippen LogP contribution is -2.14. The third-order valence-corrected chi connectivity index (χ3v) is 4.25. The summed E-state index contributed by atoms with van der Waals surface area (Å²) in [6.45, 7) is 1.92. The van der Waals surface area contributed by atoms with E-state index in [1.807, 2.05) is 43.4 Å². The molecule has 0 radical (unpaired) electrons. The van der Waals surface area contributed by atoms with Crippen molar-refractivity contribution in [2.75, 3.05) is 0 Å². The molecule has 1 rings (SSSR count). The number of rotatable bonds is 12. The van der Waals surface area contributed by atoms with Gasteiger partial charge in [-0.15, -0.1) is 0 Å². The first kappa shape index (κ1) is 21.8. The van der Waals surface area contributed by atoms with Gasteiger partial charge in [0.25, 0.3) is 0 Å². The highest BCUT2D eigenvalue weighted by Gasteiger charge is 2.26. The van der Waals surface area contributed by atoms with Crippen LogP contribution in [-0.2, 0) is 9.59 Å². The monoisotopic (exact) mass is 358 g/mol. The van der Waals surface area contributed by atoms with Crippen LogP contribution < -0.4 is 0 Å². The van der Waals surface area contributed by atoms with Gasteiger partial charge in [-0.3, -0.25) is 9.59 Å². The molecule has 2 N–H and O–H groups in total. The summed E-state index contributed by atoms with van der Waals surface area (Å²) < 4.78 is 0. The van der Waals surface area contributed by atoms with Crippen LogP contribution in [0.2, 0.25) is 0 Å². The molecule has 0 aromatic carbocycles. The maximum Gasteiger partial charge on any atom is 0.303 e. The highest BCUT2D eigenvalue weighted by atomic mass is 16.4. The van der Waals surface area contributed by atoms with Crippen LogP contribution in [0.25, 0.3) is 0 Å². The second kappa shape index (κ2) is 13.1. The zero-order chi connectivity index (χ0) is 19.2. The second-order valence-corrected chi connectivity index (χ2v) is 6.36. The number of ketones is 1. The predicted octanol–water partition coefficient (Wildman–Crippen LogP) is 4.39. The van der Waals surface area contributed by atoms with Crippen molar-refractivity contribution in [1.82, 2.24) is 0 Å². The van der Waals surface area contributed by atoms with E-state index >= 15 is 0 Å². The first-order valence-electron chi connectivity index (χ1n) is 9.29. The number of carbonyl (C=O) groups is 2. The van der Waals surface area contributed by atoms with Gasteiger partial charge in [-0.1, -0.05) is 61.6 Å². The van der Waals surface area contributed by atoms with Gasteiger partial charge in [-0.25, -0.2) is 0 Å². The molecule has 26 heavy (non-hydrogen) atoms. The van der Waals surface area contributed by atoms with Crippen LogP contribution in [0.3, 0.4) is 0 Å². The van der Waals surface area contributed by atoms with Crippen molar-refractivity contribution < 1.29 is 19.8 Å². The molecule has 0 saturated heterocycles. The van der Waals surface area contributed by atoms with Gasteiger partial charge >= 0.3 is 5.97 Å². The molecule has 3 atom stereocenters. The number of carboxylic acids is 1. The van der Waals surface area contributed by atoms with E-state index in [4.69, 9.17) is 5.11 Å². The van der Waals surface area contributed by atoms with Crippen LogP contribution in [0.4, 0.5) is 0 Å². The van der Waals surface area contributed by atoms with E-state index in [9.17, 15) is 14.7 Å². The van der Waals surface area contributed by atoms with Crippen LogP contribution in [0.15, 0.2) is 60.8 Å². The Morgan fingerprint density at radius 2 is 1.81 bits per heavy atom. The maximum absolute atomic E-state index is 12.0. The largest absolute Gasteiger partial charge is 0.481 e. The van der Waals surface area contributed by atoms with Crippen molar-refractivity contribution in [3.05, 3.63) is 60.8 Å². The summed E-state index contributed by atoms with van der Waals surface area (Å²) >= 11 is 0. The molecule has 0 unspecified atom stereocenters. The van der Waals surface area contributed by atoms with Gasteiger partial charge in [0.15, 0.2) is 5.78 Å². The SMILES string of the molecule is CC[C@H](O)/C=C/[C@H]1C=CC(=O)[C@H]1C/C=C\C/C=C\C/C=C\CCC(=O)O. The van der Waals surface area contributed by atoms with Gasteiger partial charge in [0.2, 0.25) is 0 Å². The van der Waals surface area contributed by atoms with Crippen LogP contribution in [0, 0.1) is 11.8 Å². The Balaban J connectivity index is 2.27. The van der Waals surface area contributed by atoms with Gasteiger partial charge in [-0.05, 0) is 38.2 Å². The molecule has 0 aromatic heterocycles. The van der Waals surface area contributed by atoms with Crippen molar-refractivity contribution in [3.63, 3.8) is 0 Å². The topological polar surface area (TPSA) is 74.6 Å². The number of hydrogen-bond acceptors (Lipinski definition) is 3. The standard InChI is InChI=1S/C22H30O4/c1-2-19(23)16-14-18-15-17-21(24)20(18)12-10-8-6-4-3-5-7-9-11-13-22(25)26/h3-4,7-10,14-20,23H,2,5-6,11-13H2,1H3,(H,25,26)/b4-3-,9-7-,10-8-,16-14+/t18-,19-,20-/m0/s1. The normalized spacial score (nSPS) is 21.8. The quantitative estimate of drug-likeness (QED) is 0.507. The minimum absolute atomic E-state index is 0.0623. The number of aliphatic hydroxyl groups excluding tert-OH is 1. The Bertz CT molecular complexity index is 581. The van der Waals surface area contributed by atoms with E-state index in [1.54, 1.807) is 12.2 Å². The first-order chi connectivity index (χ1) is 12.5. The van der Waals surface area contributed by atoms with E-state index in [2.05, 4.69) is 12.2 Å². The first-order valence-corrected chi connectivity index (χ1v) is 9.29. The van der Waals surface area contributed by atoms with Crippen molar-refractivity contribution in [3.8, 4) is 0 Å².